The summed E-state index contributed by atoms with van der Waals surface area (Å²) in [6.07, 6.45) is 7.24. The number of nitrogens with one attached hydrogen (secondary N) is 1. The lowest BCUT2D eigenvalue weighted by Gasteiger charge is -2.28. The average Bonchev–Trinajstić information content (AvgIpc) is 2.66. The second kappa shape index (κ2) is 12.2. The van der Waals surface area contributed by atoms with Crippen molar-refractivity contribution in [1.82, 2.24) is 10.2 Å². The Morgan fingerprint density at radius 2 is 2.00 bits per heavy atom. The maximum atomic E-state index is 11.9. The van der Waals surface area contributed by atoms with Crippen molar-refractivity contribution in [2.45, 2.75) is 38.2 Å². The first-order valence-electron chi connectivity index (χ1n) is 9.69. The third-order valence-electron chi connectivity index (χ3n) is 4.83. The van der Waals surface area contributed by atoms with Crippen LogP contribution in [-0.2, 0) is 4.74 Å². The number of halogens is 1. The van der Waals surface area contributed by atoms with Gasteiger partial charge in [-0.15, -0.1) is 6.58 Å². The molecule has 27 heavy (non-hydrogen) atoms. The Labute approximate surface area is 171 Å². The first-order valence-corrected chi connectivity index (χ1v) is 10.5. The van der Waals surface area contributed by atoms with E-state index in [2.05, 4.69) is 39.8 Å². The van der Waals surface area contributed by atoms with E-state index in [1.807, 2.05) is 18.2 Å². The van der Waals surface area contributed by atoms with E-state index < -0.39 is 0 Å². The molecule has 1 saturated carbocycles. The van der Waals surface area contributed by atoms with Gasteiger partial charge >= 0.3 is 6.09 Å². The lowest BCUT2D eigenvalue weighted by molar-refractivity contribution is 0.0149. The molecule has 1 N–H and O–H groups in total. The molecule has 0 heterocycles. The van der Waals surface area contributed by atoms with Gasteiger partial charge in [0.1, 0.15) is 5.75 Å². The van der Waals surface area contributed by atoms with Crippen LogP contribution in [0.15, 0.2) is 41.4 Å². The summed E-state index contributed by atoms with van der Waals surface area (Å²) in [5, 5.41) is 2.88. The topological polar surface area (TPSA) is 50.8 Å². The lowest BCUT2D eigenvalue weighted by Crippen LogP contribution is -2.34. The molecule has 0 atom stereocenters. The molecule has 1 aliphatic carbocycles. The zero-order valence-corrected chi connectivity index (χ0v) is 17.7. The molecule has 1 aliphatic rings. The van der Waals surface area contributed by atoms with Crippen LogP contribution in [0.2, 0.25) is 0 Å². The fraction of sp³-hybridized carbons (Fsp3) is 0.571. The van der Waals surface area contributed by atoms with E-state index in [-0.39, 0.29) is 6.09 Å². The highest BCUT2D eigenvalue weighted by molar-refractivity contribution is 9.10. The number of carbonyl (C=O) groups is 1. The molecule has 1 aromatic carbocycles. The van der Waals surface area contributed by atoms with Crippen molar-refractivity contribution in [2.24, 2.45) is 5.92 Å². The molecular formula is C21H31BrN2O3. The number of carbonyl (C=O) groups excluding carboxylic acids is 1. The van der Waals surface area contributed by atoms with E-state index in [9.17, 15) is 4.79 Å². The fourth-order valence-corrected chi connectivity index (χ4v) is 3.54. The fourth-order valence-electron chi connectivity index (χ4n) is 3.27. The van der Waals surface area contributed by atoms with Crippen LogP contribution in [0.3, 0.4) is 0 Å². The number of amides is 1. The maximum absolute atomic E-state index is 11.9. The van der Waals surface area contributed by atoms with Crippen molar-refractivity contribution in [2.75, 3.05) is 33.3 Å². The van der Waals surface area contributed by atoms with E-state index >= 15 is 0 Å². The van der Waals surface area contributed by atoms with Crippen molar-refractivity contribution >= 4 is 22.0 Å². The van der Waals surface area contributed by atoms with Gasteiger partial charge in [0.15, 0.2) is 0 Å². The Morgan fingerprint density at radius 1 is 1.30 bits per heavy atom. The number of nitrogens with zero attached hydrogens (tertiary/aromatic N) is 1. The highest BCUT2D eigenvalue weighted by Crippen LogP contribution is 2.26. The molecule has 0 unspecified atom stereocenters. The number of ether oxygens (including phenoxy) is 2. The number of hydrogen-bond donors (Lipinski definition) is 1. The van der Waals surface area contributed by atoms with Crippen LogP contribution in [0.1, 0.15) is 32.1 Å². The number of likely N-dealkylation sites (N-methyl/N-ethyl adjacent to an activating group) is 1. The molecule has 1 fully saturated rings. The molecule has 150 valence electrons. The Morgan fingerprint density at radius 3 is 2.67 bits per heavy atom. The lowest BCUT2D eigenvalue weighted by atomic mass is 9.87. The Balaban J connectivity index is 1.54. The molecule has 5 nitrogen and oxygen atoms in total. The number of hydrogen-bond acceptors (Lipinski definition) is 4. The standard InChI is InChI=1S/C21H31BrN2O3/c1-3-13-24(2)14-4-15-26-19-9-5-17(6-10-19)16-23-21(25)27-20-11-7-18(22)8-12-20/h3,7-8,11-12,17,19H,1,4-6,9-10,13-16H2,2H3,(H,23,25). The first-order chi connectivity index (χ1) is 13.1. The molecule has 0 radical (unpaired) electrons. The Hall–Kier alpha value is -1.37. The second-order valence-electron chi connectivity index (χ2n) is 7.14. The molecule has 0 bridgehead atoms. The molecule has 1 aromatic rings. The third kappa shape index (κ3) is 8.91. The van der Waals surface area contributed by atoms with Gasteiger partial charge < -0.3 is 19.7 Å². The first kappa shape index (κ1) is 21.9. The minimum atomic E-state index is -0.390. The van der Waals surface area contributed by atoms with E-state index in [4.69, 9.17) is 9.47 Å². The Bertz CT molecular complexity index is 571. The van der Waals surface area contributed by atoms with Crippen LogP contribution in [0.4, 0.5) is 4.79 Å². The van der Waals surface area contributed by atoms with Gasteiger partial charge in [0.25, 0.3) is 0 Å². The van der Waals surface area contributed by atoms with Gasteiger partial charge in [-0.3, -0.25) is 0 Å². The van der Waals surface area contributed by atoms with Crippen molar-refractivity contribution in [1.29, 1.82) is 0 Å². The SMILES string of the molecule is C=CCN(C)CCCOC1CCC(CNC(=O)Oc2ccc(Br)cc2)CC1. The minimum Gasteiger partial charge on any atom is -0.410 e. The van der Waals surface area contributed by atoms with Gasteiger partial charge in [0.2, 0.25) is 0 Å². The van der Waals surface area contributed by atoms with Crippen LogP contribution in [0.5, 0.6) is 5.75 Å². The summed E-state index contributed by atoms with van der Waals surface area (Å²) in [5.41, 5.74) is 0. The van der Waals surface area contributed by atoms with Gasteiger partial charge in [-0.25, -0.2) is 4.79 Å². The molecule has 0 saturated heterocycles. The van der Waals surface area contributed by atoms with Crippen LogP contribution in [0.25, 0.3) is 0 Å². The summed E-state index contributed by atoms with van der Waals surface area (Å²) in [6.45, 7) is 7.18. The molecule has 0 aliphatic heterocycles. The van der Waals surface area contributed by atoms with Crippen LogP contribution in [-0.4, -0.2) is 50.4 Å². The molecule has 0 aromatic heterocycles. The van der Waals surface area contributed by atoms with Crippen LogP contribution < -0.4 is 10.1 Å². The molecule has 1 amide bonds. The summed E-state index contributed by atoms with van der Waals surface area (Å²) in [6, 6.07) is 7.23. The van der Waals surface area contributed by atoms with Crippen molar-refractivity contribution in [3.63, 3.8) is 0 Å². The van der Waals surface area contributed by atoms with E-state index in [1.54, 1.807) is 12.1 Å². The average molecular weight is 439 g/mol. The van der Waals surface area contributed by atoms with Crippen molar-refractivity contribution < 1.29 is 14.3 Å². The summed E-state index contributed by atoms with van der Waals surface area (Å²) in [4.78, 5) is 14.1. The largest absolute Gasteiger partial charge is 0.412 e. The monoisotopic (exact) mass is 438 g/mol. The van der Waals surface area contributed by atoms with Gasteiger partial charge in [0.05, 0.1) is 6.10 Å². The molecular weight excluding hydrogens is 408 g/mol. The molecule has 6 heteroatoms. The zero-order chi connectivity index (χ0) is 19.5. The van der Waals surface area contributed by atoms with Gasteiger partial charge in [-0.1, -0.05) is 22.0 Å². The summed E-state index contributed by atoms with van der Waals surface area (Å²) in [5.74, 6) is 1.05. The van der Waals surface area contributed by atoms with Gasteiger partial charge in [-0.05, 0) is 69.3 Å². The minimum absolute atomic E-state index is 0.362. The Kier molecular flexibility index (Phi) is 9.87. The predicted octanol–water partition coefficient (Wildman–Crippen LogP) is 4.62. The highest BCUT2D eigenvalue weighted by Gasteiger charge is 2.22. The summed E-state index contributed by atoms with van der Waals surface area (Å²) >= 11 is 3.36. The third-order valence-corrected chi connectivity index (χ3v) is 5.36. The van der Waals surface area contributed by atoms with E-state index in [0.717, 1.165) is 56.3 Å². The zero-order valence-electron chi connectivity index (χ0n) is 16.2. The maximum Gasteiger partial charge on any atom is 0.412 e. The molecule has 2 rings (SSSR count). The normalized spacial score (nSPS) is 19.7. The predicted molar refractivity (Wildman–Crippen MR) is 112 cm³/mol. The van der Waals surface area contributed by atoms with Crippen LogP contribution in [0, 0.1) is 5.92 Å². The van der Waals surface area contributed by atoms with E-state index in [1.165, 1.54) is 0 Å². The second-order valence-corrected chi connectivity index (χ2v) is 8.06. The number of benzene rings is 1. The van der Waals surface area contributed by atoms with Crippen LogP contribution >= 0.6 is 15.9 Å². The summed E-state index contributed by atoms with van der Waals surface area (Å²) in [7, 11) is 2.10. The van der Waals surface area contributed by atoms with Crippen molar-refractivity contribution in [3.8, 4) is 5.75 Å². The quantitative estimate of drug-likeness (QED) is 0.427. The molecule has 0 spiro atoms. The van der Waals surface area contributed by atoms with Crippen molar-refractivity contribution in [3.05, 3.63) is 41.4 Å². The smallest absolute Gasteiger partial charge is 0.410 e. The highest BCUT2D eigenvalue weighted by atomic mass is 79.9. The van der Waals surface area contributed by atoms with Gasteiger partial charge in [0, 0.05) is 30.7 Å². The number of rotatable bonds is 10. The summed E-state index contributed by atoms with van der Waals surface area (Å²) < 4.78 is 12.2. The van der Waals surface area contributed by atoms with Gasteiger partial charge in [-0.2, -0.15) is 0 Å². The van der Waals surface area contributed by atoms with E-state index in [0.29, 0.717) is 24.3 Å².